The number of hydrogen-bond acceptors (Lipinski definition) is 2. The van der Waals surface area contributed by atoms with Crippen LogP contribution < -0.4 is 5.32 Å². The highest BCUT2D eigenvalue weighted by Crippen LogP contribution is 2.12. The number of piperidine rings is 1. The Morgan fingerprint density at radius 3 is 3.14 bits per heavy atom. The van der Waals surface area contributed by atoms with Gasteiger partial charge in [0.1, 0.15) is 0 Å². The molecular formula is C10H16ClN3. The molecule has 0 aliphatic carbocycles. The highest BCUT2D eigenvalue weighted by Gasteiger charge is 2.12. The van der Waals surface area contributed by atoms with Crippen molar-refractivity contribution in [2.24, 2.45) is 0 Å². The number of halogens is 1. The molecule has 78 valence electrons. The second kappa shape index (κ2) is 4.80. The first-order valence-corrected chi connectivity index (χ1v) is 5.64. The fourth-order valence-corrected chi connectivity index (χ4v) is 2.14. The minimum atomic E-state index is 0.598. The smallest absolute Gasteiger partial charge is 0.202 e. The third kappa shape index (κ3) is 2.49. The molecule has 1 aliphatic heterocycles. The number of aryl methyl sites for hydroxylation is 1. The Bertz CT molecular complexity index is 279. The zero-order valence-electron chi connectivity index (χ0n) is 8.25. The first-order chi connectivity index (χ1) is 6.86. The summed E-state index contributed by atoms with van der Waals surface area (Å²) in [7, 11) is 0. The molecule has 0 radical (unpaired) electrons. The fraction of sp³-hybridized carbons (Fsp3) is 0.700. The van der Waals surface area contributed by atoms with Crippen LogP contribution in [0.3, 0.4) is 0 Å². The molecule has 1 aromatic rings. The van der Waals surface area contributed by atoms with E-state index in [1.54, 1.807) is 6.20 Å². The van der Waals surface area contributed by atoms with Gasteiger partial charge in [0.05, 0.1) is 0 Å². The summed E-state index contributed by atoms with van der Waals surface area (Å²) >= 11 is 5.89. The van der Waals surface area contributed by atoms with Gasteiger partial charge < -0.3 is 9.88 Å². The zero-order chi connectivity index (χ0) is 9.80. The van der Waals surface area contributed by atoms with Crippen molar-refractivity contribution in [1.29, 1.82) is 0 Å². The lowest BCUT2D eigenvalue weighted by Crippen LogP contribution is -2.34. The molecule has 4 heteroatoms. The predicted octanol–water partition coefficient (Wildman–Crippen LogP) is 2.07. The van der Waals surface area contributed by atoms with Gasteiger partial charge in [-0.05, 0) is 37.4 Å². The van der Waals surface area contributed by atoms with Crippen LogP contribution >= 0.6 is 11.6 Å². The van der Waals surface area contributed by atoms with Gasteiger partial charge in [-0.25, -0.2) is 4.98 Å². The summed E-state index contributed by atoms with van der Waals surface area (Å²) in [6.45, 7) is 2.14. The van der Waals surface area contributed by atoms with E-state index in [4.69, 9.17) is 11.6 Å². The van der Waals surface area contributed by atoms with Crippen molar-refractivity contribution in [2.45, 2.75) is 38.3 Å². The van der Waals surface area contributed by atoms with E-state index < -0.39 is 0 Å². The molecule has 0 aromatic carbocycles. The monoisotopic (exact) mass is 213 g/mol. The average molecular weight is 214 g/mol. The van der Waals surface area contributed by atoms with E-state index in [-0.39, 0.29) is 0 Å². The maximum Gasteiger partial charge on any atom is 0.202 e. The van der Waals surface area contributed by atoms with Crippen LogP contribution in [0.15, 0.2) is 12.4 Å². The van der Waals surface area contributed by atoms with Crippen LogP contribution in [0.4, 0.5) is 0 Å². The lowest BCUT2D eigenvalue weighted by Gasteiger charge is -2.23. The normalized spacial score (nSPS) is 22.5. The lowest BCUT2D eigenvalue weighted by atomic mass is 10.0. The average Bonchev–Trinajstić information content (AvgIpc) is 2.63. The second-order valence-electron chi connectivity index (χ2n) is 3.83. The maximum atomic E-state index is 5.89. The summed E-state index contributed by atoms with van der Waals surface area (Å²) in [4.78, 5) is 3.99. The van der Waals surface area contributed by atoms with Crippen LogP contribution in [0.2, 0.25) is 5.28 Å². The van der Waals surface area contributed by atoms with Gasteiger partial charge in [0.2, 0.25) is 5.28 Å². The minimum Gasteiger partial charge on any atom is -0.322 e. The third-order valence-electron chi connectivity index (χ3n) is 2.80. The summed E-state index contributed by atoms with van der Waals surface area (Å²) in [6.07, 6.45) is 8.81. The number of hydrogen-bond donors (Lipinski definition) is 1. The van der Waals surface area contributed by atoms with Gasteiger partial charge >= 0.3 is 0 Å². The van der Waals surface area contributed by atoms with Crippen molar-refractivity contribution in [1.82, 2.24) is 14.9 Å². The van der Waals surface area contributed by atoms with E-state index in [1.165, 1.54) is 25.8 Å². The topological polar surface area (TPSA) is 29.9 Å². The van der Waals surface area contributed by atoms with Crippen LogP contribution in [-0.4, -0.2) is 22.1 Å². The standard InChI is InChI=1S/C10H16ClN3/c11-10-13-6-8-14(10)7-4-9-3-1-2-5-12-9/h6,8-9,12H,1-5,7H2. The van der Waals surface area contributed by atoms with Gasteiger partial charge in [-0.3, -0.25) is 0 Å². The number of nitrogens with zero attached hydrogens (tertiary/aromatic N) is 2. The molecular weight excluding hydrogens is 198 g/mol. The Morgan fingerprint density at radius 2 is 2.50 bits per heavy atom. The molecule has 1 N–H and O–H groups in total. The van der Waals surface area contributed by atoms with Crippen molar-refractivity contribution in [3.63, 3.8) is 0 Å². The summed E-state index contributed by atoms with van der Waals surface area (Å²) in [5.41, 5.74) is 0. The minimum absolute atomic E-state index is 0.598. The molecule has 14 heavy (non-hydrogen) atoms. The highest BCUT2D eigenvalue weighted by atomic mass is 35.5. The van der Waals surface area contributed by atoms with Crippen molar-refractivity contribution < 1.29 is 0 Å². The first kappa shape index (κ1) is 9.99. The molecule has 2 heterocycles. The summed E-state index contributed by atoms with van der Waals surface area (Å²) in [6, 6.07) is 0.669. The molecule has 0 spiro atoms. The van der Waals surface area contributed by atoms with Crippen molar-refractivity contribution >= 4 is 11.6 Å². The molecule has 2 rings (SSSR count). The SMILES string of the molecule is Clc1nccn1CCC1CCCCN1. The van der Waals surface area contributed by atoms with E-state index in [9.17, 15) is 0 Å². The molecule has 0 amide bonds. The number of nitrogens with one attached hydrogen (secondary N) is 1. The Morgan fingerprint density at radius 1 is 1.57 bits per heavy atom. The van der Waals surface area contributed by atoms with E-state index in [0.29, 0.717) is 11.3 Å². The van der Waals surface area contributed by atoms with Gasteiger partial charge in [0, 0.05) is 25.0 Å². The first-order valence-electron chi connectivity index (χ1n) is 5.26. The molecule has 1 fully saturated rings. The molecule has 3 nitrogen and oxygen atoms in total. The fourth-order valence-electron chi connectivity index (χ4n) is 1.94. The van der Waals surface area contributed by atoms with Crippen LogP contribution in [-0.2, 0) is 6.54 Å². The second-order valence-corrected chi connectivity index (χ2v) is 4.16. The quantitative estimate of drug-likeness (QED) is 0.833. The molecule has 1 unspecified atom stereocenters. The van der Waals surface area contributed by atoms with E-state index in [0.717, 1.165) is 13.0 Å². The molecule has 1 atom stereocenters. The van der Waals surface area contributed by atoms with Crippen molar-refractivity contribution in [2.75, 3.05) is 6.54 Å². The maximum absolute atomic E-state index is 5.89. The molecule has 1 aromatic heterocycles. The van der Waals surface area contributed by atoms with Gasteiger partial charge in [0.25, 0.3) is 0 Å². The Labute approximate surface area is 89.5 Å². The Kier molecular flexibility index (Phi) is 3.43. The number of imidazole rings is 1. The molecule has 0 bridgehead atoms. The summed E-state index contributed by atoms with van der Waals surface area (Å²) < 4.78 is 2.00. The summed E-state index contributed by atoms with van der Waals surface area (Å²) in [5, 5.41) is 4.12. The largest absolute Gasteiger partial charge is 0.322 e. The van der Waals surface area contributed by atoms with Gasteiger partial charge in [-0.2, -0.15) is 0 Å². The van der Waals surface area contributed by atoms with Crippen molar-refractivity contribution in [3.8, 4) is 0 Å². The highest BCUT2D eigenvalue weighted by molar-refractivity contribution is 6.28. The van der Waals surface area contributed by atoms with Gasteiger partial charge in [-0.1, -0.05) is 6.42 Å². The van der Waals surface area contributed by atoms with Crippen LogP contribution in [0.1, 0.15) is 25.7 Å². The molecule has 1 aliphatic rings. The van der Waals surface area contributed by atoms with E-state index >= 15 is 0 Å². The number of rotatable bonds is 3. The van der Waals surface area contributed by atoms with Crippen molar-refractivity contribution in [3.05, 3.63) is 17.7 Å². The van der Waals surface area contributed by atoms with Gasteiger partial charge in [0.15, 0.2) is 0 Å². The van der Waals surface area contributed by atoms with Crippen LogP contribution in [0, 0.1) is 0 Å². The van der Waals surface area contributed by atoms with E-state index in [1.807, 2.05) is 10.8 Å². The third-order valence-corrected chi connectivity index (χ3v) is 3.11. The molecule has 1 saturated heterocycles. The van der Waals surface area contributed by atoms with Crippen LogP contribution in [0.5, 0.6) is 0 Å². The molecule has 0 saturated carbocycles. The zero-order valence-corrected chi connectivity index (χ0v) is 9.00. The summed E-state index contributed by atoms with van der Waals surface area (Å²) in [5.74, 6) is 0. The number of aromatic nitrogens is 2. The van der Waals surface area contributed by atoms with Crippen LogP contribution in [0.25, 0.3) is 0 Å². The predicted molar refractivity (Wildman–Crippen MR) is 57.5 cm³/mol. The Hall–Kier alpha value is -0.540. The Balaban J connectivity index is 1.79. The lowest BCUT2D eigenvalue weighted by molar-refractivity contribution is 0.367. The van der Waals surface area contributed by atoms with E-state index in [2.05, 4.69) is 10.3 Å². The van der Waals surface area contributed by atoms with Gasteiger partial charge in [-0.15, -0.1) is 0 Å².